The van der Waals surface area contributed by atoms with Crippen molar-refractivity contribution < 1.29 is 17.9 Å². The Balaban J connectivity index is 3.12. The van der Waals surface area contributed by atoms with Gasteiger partial charge in [0.15, 0.2) is 0 Å². The molecular weight excluding hydrogens is 209 g/mol. The minimum Gasteiger partial charge on any atom is -0.481 e. The Labute approximate surface area is 85.1 Å². The molecule has 0 saturated carbocycles. The maximum atomic E-state index is 12.6. The number of pyridine rings is 1. The van der Waals surface area contributed by atoms with Crippen molar-refractivity contribution in [3.63, 3.8) is 0 Å². The Hall–Kier alpha value is -1.30. The van der Waals surface area contributed by atoms with Crippen molar-refractivity contribution in [2.45, 2.75) is 12.1 Å². The van der Waals surface area contributed by atoms with E-state index >= 15 is 0 Å². The van der Waals surface area contributed by atoms with Crippen LogP contribution in [-0.2, 0) is 0 Å². The number of hydrogen-bond donors (Lipinski definition) is 1. The number of methoxy groups -OCH3 is 1. The Morgan fingerprint density at radius 1 is 1.53 bits per heavy atom. The number of halogens is 3. The van der Waals surface area contributed by atoms with Crippen molar-refractivity contribution in [3.05, 3.63) is 23.9 Å². The Morgan fingerprint density at radius 2 is 2.20 bits per heavy atom. The molecule has 84 valence electrons. The molecule has 1 unspecified atom stereocenters. The van der Waals surface area contributed by atoms with E-state index in [0.29, 0.717) is 0 Å². The number of alkyl halides is 3. The average molecular weight is 220 g/mol. The molecule has 0 bridgehead atoms. The van der Waals surface area contributed by atoms with Gasteiger partial charge >= 0.3 is 6.18 Å². The molecule has 1 aromatic heterocycles. The zero-order valence-corrected chi connectivity index (χ0v) is 8.08. The first-order valence-corrected chi connectivity index (χ1v) is 4.26. The Bertz CT molecular complexity index is 327. The maximum absolute atomic E-state index is 12.6. The van der Waals surface area contributed by atoms with Crippen molar-refractivity contribution in [2.75, 3.05) is 13.7 Å². The molecule has 1 rings (SSSR count). The van der Waals surface area contributed by atoms with E-state index in [1.807, 2.05) is 0 Å². The third-order valence-electron chi connectivity index (χ3n) is 2.00. The highest BCUT2D eigenvalue weighted by Gasteiger charge is 2.41. The van der Waals surface area contributed by atoms with Crippen LogP contribution in [0.5, 0.6) is 5.88 Å². The zero-order valence-electron chi connectivity index (χ0n) is 8.08. The summed E-state index contributed by atoms with van der Waals surface area (Å²) in [5.41, 5.74) is 5.08. The smallest absolute Gasteiger partial charge is 0.397 e. The Morgan fingerprint density at radius 3 is 2.67 bits per heavy atom. The fraction of sp³-hybridized carbons (Fsp3) is 0.444. The lowest BCUT2D eigenvalue weighted by atomic mass is 10.00. The van der Waals surface area contributed by atoms with Gasteiger partial charge in [-0.05, 0) is 6.07 Å². The molecule has 3 nitrogen and oxygen atoms in total. The van der Waals surface area contributed by atoms with Gasteiger partial charge in [-0.15, -0.1) is 0 Å². The van der Waals surface area contributed by atoms with Crippen LogP contribution >= 0.6 is 0 Å². The molecule has 0 aliphatic carbocycles. The van der Waals surface area contributed by atoms with Crippen LogP contribution in [0.25, 0.3) is 0 Å². The topological polar surface area (TPSA) is 48.1 Å². The fourth-order valence-electron chi connectivity index (χ4n) is 1.28. The van der Waals surface area contributed by atoms with Crippen molar-refractivity contribution in [2.24, 2.45) is 5.73 Å². The lowest BCUT2D eigenvalue weighted by molar-refractivity contribution is -0.148. The van der Waals surface area contributed by atoms with E-state index in [2.05, 4.69) is 4.98 Å². The van der Waals surface area contributed by atoms with Gasteiger partial charge in [0.05, 0.1) is 13.0 Å². The van der Waals surface area contributed by atoms with E-state index in [1.165, 1.54) is 25.4 Å². The molecule has 0 aliphatic heterocycles. The molecular formula is C9H11F3N2O. The highest BCUT2D eigenvalue weighted by atomic mass is 19.4. The molecule has 0 spiro atoms. The predicted octanol–water partition coefficient (Wildman–Crippen LogP) is 1.69. The van der Waals surface area contributed by atoms with Gasteiger partial charge < -0.3 is 10.5 Å². The summed E-state index contributed by atoms with van der Waals surface area (Å²) in [4.78, 5) is 3.70. The molecule has 0 fully saturated rings. The SMILES string of the molecule is COc1ncccc1C(CN)C(F)(F)F. The predicted molar refractivity (Wildman–Crippen MR) is 48.6 cm³/mol. The highest BCUT2D eigenvalue weighted by Crippen LogP contribution is 2.37. The minimum absolute atomic E-state index is 0.0324. The van der Waals surface area contributed by atoms with Crippen LogP contribution in [0.15, 0.2) is 18.3 Å². The molecule has 0 radical (unpaired) electrons. The summed E-state index contributed by atoms with van der Waals surface area (Å²) in [5, 5.41) is 0. The first-order valence-electron chi connectivity index (χ1n) is 4.26. The monoisotopic (exact) mass is 220 g/mol. The van der Waals surface area contributed by atoms with Gasteiger partial charge in [0.2, 0.25) is 5.88 Å². The zero-order chi connectivity index (χ0) is 11.5. The van der Waals surface area contributed by atoms with Crippen LogP contribution in [0.3, 0.4) is 0 Å². The largest absolute Gasteiger partial charge is 0.481 e. The van der Waals surface area contributed by atoms with Gasteiger partial charge in [0, 0.05) is 18.3 Å². The summed E-state index contributed by atoms with van der Waals surface area (Å²) in [5.74, 6) is -1.77. The standard InChI is InChI=1S/C9H11F3N2O/c1-15-8-6(3-2-4-14-8)7(5-13)9(10,11)12/h2-4,7H,5,13H2,1H3. The summed E-state index contributed by atoms with van der Waals surface area (Å²) < 4.78 is 42.4. The number of ether oxygens (including phenoxy) is 1. The van der Waals surface area contributed by atoms with Crippen molar-refractivity contribution in [1.29, 1.82) is 0 Å². The molecule has 6 heteroatoms. The first kappa shape index (κ1) is 11.8. The summed E-state index contributed by atoms with van der Waals surface area (Å²) in [7, 11) is 1.27. The van der Waals surface area contributed by atoms with Crippen LogP contribution in [0.2, 0.25) is 0 Å². The van der Waals surface area contributed by atoms with Gasteiger partial charge in [0.1, 0.15) is 0 Å². The summed E-state index contributed by atoms with van der Waals surface area (Å²) in [6.07, 6.45) is -3.02. The molecule has 1 aromatic rings. The van der Waals surface area contributed by atoms with Crippen molar-refractivity contribution in [1.82, 2.24) is 4.98 Å². The van der Waals surface area contributed by atoms with Gasteiger partial charge in [-0.1, -0.05) is 6.07 Å². The number of rotatable bonds is 3. The second kappa shape index (κ2) is 4.48. The molecule has 0 saturated heterocycles. The normalized spacial score (nSPS) is 13.7. The summed E-state index contributed by atoms with van der Waals surface area (Å²) in [6.45, 7) is -0.522. The Kier molecular flexibility index (Phi) is 3.52. The highest BCUT2D eigenvalue weighted by molar-refractivity contribution is 5.30. The molecule has 1 atom stereocenters. The number of nitrogens with zero attached hydrogens (tertiary/aromatic N) is 1. The van der Waals surface area contributed by atoms with Crippen LogP contribution in [0.4, 0.5) is 13.2 Å². The molecule has 15 heavy (non-hydrogen) atoms. The van der Waals surface area contributed by atoms with Crippen molar-refractivity contribution in [3.8, 4) is 5.88 Å². The molecule has 0 aliphatic rings. The second-order valence-corrected chi connectivity index (χ2v) is 2.93. The quantitative estimate of drug-likeness (QED) is 0.843. The van der Waals surface area contributed by atoms with Gasteiger partial charge in [-0.2, -0.15) is 13.2 Å². The van der Waals surface area contributed by atoms with E-state index in [-0.39, 0.29) is 11.4 Å². The lowest BCUT2D eigenvalue weighted by Crippen LogP contribution is -2.28. The van der Waals surface area contributed by atoms with Crippen LogP contribution < -0.4 is 10.5 Å². The average Bonchev–Trinajstić information content (AvgIpc) is 2.17. The van der Waals surface area contributed by atoms with E-state index in [1.54, 1.807) is 0 Å². The molecule has 0 aromatic carbocycles. The molecule has 2 N–H and O–H groups in total. The number of nitrogens with two attached hydrogens (primary N) is 1. The molecule has 1 heterocycles. The second-order valence-electron chi connectivity index (χ2n) is 2.93. The van der Waals surface area contributed by atoms with E-state index in [0.717, 1.165) is 0 Å². The third-order valence-corrected chi connectivity index (χ3v) is 2.00. The molecule has 0 amide bonds. The van der Waals surface area contributed by atoms with Gasteiger partial charge in [-0.3, -0.25) is 0 Å². The van der Waals surface area contributed by atoms with Crippen LogP contribution in [0.1, 0.15) is 11.5 Å². The maximum Gasteiger partial charge on any atom is 0.397 e. The van der Waals surface area contributed by atoms with Crippen LogP contribution in [0, 0.1) is 0 Å². The number of aromatic nitrogens is 1. The summed E-state index contributed by atoms with van der Waals surface area (Å²) >= 11 is 0. The lowest BCUT2D eigenvalue weighted by Gasteiger charge is -2.19. The number of hydrogen-bond acceptors (Lipinski definition) is 3. The third kappa shape index (κ3) is 2.59. The summed E-state index contributed by atoms with van der Waals surface area (Å²) in [6, 6.07) is 2.74. The fourth-order valence-corrected chi connectivity index (χ4v) is 1.28. The van der Waals surface area contributed by atoms with Crippen molar-refractivity contribution >= 4 is 0 Å². The van der Waals surface area contributed by atoms with Gasteiger partial charge in [-0.25, -0.2) is 4.98 Å². The van der Waals surface area contributed by atoms with Crippen LogP contribution in [-0.4, -0.2) is 24.8 Å². The van der Waals surface area contributed by atoms with Gasteiger partial charge in [0.25, 0.3) is 0 Å². The minimum atomic E-state index is -4.38. The van der Waals surface area contributed by atoms with E-state index in [4.69, 9.17) is 10.5 Å². The van der Waals surface area contributed by atoms with E-state index in [9.17, 15) is 13.2 Å². The first-order chi connectivity index (χ1) is 7.00. The van der Waals surface area contributed by atoms with E-state index < -0.39 is 18.6 Å².